The standard InChI is InChI=1S/C11H15BrN2O/c12-8-5-11(7-14-6-8)15-10-3-1-9(13)2-4-10/h5-7,9-10H,1-4,13H2. The Bertz CT molecular complexity index is 324. The van der Waals surface area contributed by atoms with Crippen LogP contribution in [0.3, 0.4) is 0 Å². The summed E-state index contributed by atoms with van der Waals surface area (Å²) < 4.78 is 6.79. The van der Waals surface area contributed by atoms with Gasteiger partial charge in [0.25, 0.3) is 0 Å². The lowest BCUT2D eigenvalue weighted by atomic mass is 9.94. The van der Waals surface area contributed by atoms with E-state index in [0.717, 1.165) is 35.9 Å². The van der Waals surface area contributed by atoms with E-state index in [4.69, 9.17) is 10.5 Å². The van der Waals surface area contributed by atoms with E-state index in [1.807, 2.05) is 6.07 Å². The van der Waals surface area contributed by atoms with Gasteiger partial charge in [0.05, 0.1) is 12.3 Å². The molecule has 0 atom stereocenters. The SMILES string of the molecule is NC1CCC(Oc2cncc(Br)c2)CC1. The molecule has 0 aliphatic heterocycles. The van der Waals surface area contributed by atoms with Crippen molar-refractivity contribution in [3.8, 4) is 5.75 Å². The molecule has 1 aromatic heterocycles. The highest BCUT2D eigenvalue weighted by atomic mass is 79.9. The molecule has 1 saturated carbocycles. The van der Waals surface area contributed by atoms with Gasteiger partial charge in [0.2, 0.25) is 0 Å². The molecular formula is C11H15BrN2O. The van der Waals surface area contributed by atoms with Crippen LogP contribution in [-0.4, -0.2) is 17.1 Å². The van der Waals surface area contributed by atoms with Gasteiger partial charge in [0.15, 0.2) is 0 Å². The zero-order chi connectivity index (χ0) is 10.7. The number of hydrogen-bond donors (Lipinski definition) is 1. The first-order chi connectivity index (χ1) is 7.24. The number of pyridine rings is 1. The Morgan fingerprint density at radius 3 is 2.67 bits per heavy atom. The molecule has 0 unspecified atom stereocenters. The van der Waals surface area contributed by atoms with Crippen LogP contribution in [-0.2, 0) is 0 Å². The fraction of sp³-hybridized carbons (Fsp3) is 0.545. The lowest BCUT2D eigenvalue weighted by Crippen LogP contribution is -2.31. The average Bonchev–Trinajstić information content (AvgIpc) is 2.22. The zero-order valence-electron chi connectivity index (χ0n) is 8.53. The van der Waals surface area contributed by atoms with E-state index in [1.54, 1.807) is 12.4 Å². The maximum atomic E-state index is 5.84. The maximum absolute atomic E-state index is 5.84. The molecule has 4 heteroatoms. The number of aromatic nitrogens is 1. The van der Waals surface area contributed by atoms with Gasteiger partial charge in [0, 0.05) is 16.7 Å². The molecule has 1 aromatic rings. The molecule has 2 N–H and O–H groups in total. The minimum Gasteiger partial charge on any atom is -0.489 e. The van der Waals surface area contributed by atoms with Gasteiger partial charge in [-0.2, -0.15) is 0 Å². The summed E-state index contributed by atoms with van der Waals surface area (Å²) >= 11 is 3.37. The summed E-state index contributed by atoms with van der Waals surface area (Å²) in [5.74, 6) is 0.838. The molecule has 0 spiro atoms. The Hall–Kier alpha value is -0.610. The molecule has 82 valence electrons. The lowest BCUT2D eigenvalue weighted by molar-refractivity contribution is 0.146. The summed E-state index contributed by atoms with van der Waals surface area (Å²) in [5.41, 5.74) is 5.84. The van der Waals surface area contributed by atoms with Gasteiger partial charge in [-0.25, -0.2) is 0 Å². The van der Waals surface area contributed by atoms with Crippen LogP contribution in [0.15, 0.2) is 22.9 Å². The molecule has 1 heterocycles. The normalized spacial score (nSPS) is 26.3. The van der Waals surface area contributed by atoms with Crippen molar-refractivity contribution in [3.63, 3.8) is 0 Å². The van der Waals surface area contributed by atoms with Crippen LogP contribution in [0.4, 0.5) is 0 Å². The van der Waals surface area contributed by atoms with E-state index in [0.29, 0.717) is 12.1 Å². The highest BCUT2D eigenvalue weighted by Gasteiger charge is 2.19. The fourth-order valence-electron chi connectivity index (χ4n) is 1.86. The minimum absolute atomic E-state index is 0.306. The molecule has 0 aromatic carbocycles. The van der Waals surface area contributed by atoms with Crippen molar-refractivity contribution < 1.29 is 4.74 Å². The second kappa shape index (κ2) is 4.94. The van der Waals surface area contributed by atoms with Crippen LogP contribution in [0.5, 0.6) is 5.75 Å². The van der Waals surface area contributed by atoms with Crippen LogP contribution >= 0.6 is 15.9 Å². The monoisotopic (exact) mass is 270 g/mol. The molecule has 0 radical (unpaired) electrons. The number of nitrogens with zero attached hydrogens (tertiary/aromatic N) is 1. The van der Waals surface area contributed by atoms with Crippen molar-refractivity contribution in [3.05, 3.63) is 22.9 Å². The second-order valence-electron chi connectivity index (χ2n) is 3.99. The molecule has 3 nitrogen and oxygen atoms in total. The van der Waals surface area contributed by atoms with Gasteiger partial charge in [-0.05, 0) is 47.7 Å². The Balaban J connectivity index is 1.92. The topological polar surface area (TPSA) is 48.1 Å². The summed E-state index contributed by atoms with van der Waals surface area (Å²) in [6, 6.07) is 2.31. The summed E-state index contributed by atoms with van der Waals surface area (Å²) in [5, 5.41) is 0. The van der Waals surface area contributed by atoms with Crippen molar-refractivity contribution >= 4 is 15.9 Å². The zero-order valence-corrected chi connectivity index (χ0v) is 10.1. The molecule has 0 amide bonds. The van der Waals surface area contributed by atoms with Crippen molar-refractivity contribution in [1.82, 2.24) is 4.98 Å². The van der Waals surface area contributed by atoms with Crippen molar-refractivity contribution in [2.24, 2.45) is 5.73 Å². The van der Waals surface area contributed by atoms with E-state index >= 15 is 0 Å². The molecule has 0 bridgehead atoms. The van der Waals surface area contributed by atoms with E-state index in [-0.39, 0.29) is 0 Å². The van der Waals surface area contributed by atoms with Gasteiger partial charge in [0.1, 0.15) is 5.75 Å². The molecule has 0 saturated heterocycles. The van der Waals surface area contributed by atoms with Crippen LogP contribution in [0.2, 0.25) is 0 Å². The molecule has 1 aliphatic carbocycles. The predicted molar refractivity (Wildman–Crippen MR) is 62.8 cm³/mol. The third-order valence-corrected chi connectivity index (χ3v) is 3.14. The summed E-state index contributed by atoms with van der Waals surface area (Å²) in [4.78, 5) is 4.07. The molecule has 15 heavy (non-hydrogen) atoms. The maximum Gasteiger partial charge on any atom is 0.139 e. The first-order valence-electron chi connectivity index (χ1n) is 5.27. The Labute approximate surface area is 98.2 Å². The van der Waals surface area contributed by atoms with E-state index in [9.17, 15) is 0 Å². The van der Waals surface area contributed by atoms with Gasteiger partial charge >= 0.3 is 0 Å². The third kappa shape index (κ3) is 3.18. The van der Waals surface area contributed by atoms with Crippen LogP contribution < -0.4 is 10.5 Å². The molecule has 2 rings (SSSR count). The number of halogens is 1. The van der Waals surface area contributed by atoms with Crippen molar-refractivity contribution in [2.45, 2.75) is 37.8 Å². The van der Waals surface area contributed by atoms with E-state index in [2.05, 4.69) is 20.9 Å². The van der Waals surface area contributed by atoms with Gasteiger partial charge in [-0.15, -0.1) is 0 Å². The first kappa shape index (κ1) is 10.9. The minimum atomic E-state index is 0.306. The predicted octanol–water partition coefficient (Wildman–Crippen LogP) is 2.49. The Kier molecular flexibility index (Phi) is 3.59. The number of rotatable bonds is 2. The Morgan fingerprint density at radius 1 is 1.27 bits per heavy atom. The van der Waals surface area contributed by atoms with E-state index in [1.165, 1.54) is 0 Å². The highest BCUT2D eigenvalue weighted by Crippen LogP contribution is 2.24. The largest absolute Gasteiger partial charge is 0.489 e. The van der Waals surface area contributed by atoms with Crippen LogP contribution in [0, 0.1) is 0 Å². The highest BCUT2D eigenvalue weighted by molar-refractivity contribution is 9.10. The van der Waals surface area contributed by atoms with Crippen LogP contribution in [0.1, 0.15) is 25.7 Å². The summed E-state index contributed by atoms with van der Waals surface area (Å²) in [6.45, 7) is 0. The summed E-state index contributed by atoms with van der Waals surface area (Å²) in [7, 11) is 0. The van der Waals surface area contributed by atoms with Crippen molar-refractivity contribution in [2.75, 3.05) is 0 Å². The molecule has 1 fully saturated rings. The quantitative estimate of drug-likeness (QED) is 0.899. The fourth-order valence-corrected chi connectivity index (χ4v) is 2.20. The number of ether oxygens (including phenoxy) is 1. The van der Waals surface area contributed by atoms with Gasteiger partial charge in [-0.3, -0.25) is 4.98 Å². The number of nitrogens with two attached hydrogens (primary N) is 1. The van der Waals surface area contributed by atoms with Gasteiger partial charge < -0.3 is 10.5 Å². The number of hydrogen-bond acceptors (Lipinski definition) is 3. The first-order valence-corrected chi connectivity index (χ1v) is 6.06. The van der Waals surface area contributed by atoms with Gasteiger partial charge in [-0.1, -0.05) is 0 Å². The van der Waals surface area contributed by atoms with Crippen LogP contribution in [0.25, 0.3) is 0 Å². The second-order valence-corrected chi connectivity index (χ2v) is 4.91. The third-order valence-electron chi connectivity index (χ3n) is 2.70. The van der Waals surface area contributed by atoms with E-state index < -0.39 is 0 Å². The lowest BCUT2D eigenvalue weighted by Gasteiger charge is -2.26. The molecular weight excluding hydrogens is 256 g/mol. The molecule has 1 aliphatic rings. The smallest absolute Gasteiger partial charge is 0.139 e. The summed E-state index contributed by atoms with van der Waals surface area (Å²) in [6.07, 6.45) is 8.03. The Morgan fingerprint density at radius 2 is 2.00 bits per heavy atom. The average molecular weight is 271 g/mol. The van der Waals surface area contributed by atoms with Crippen molar-refractivity contribution in [1.29, 1.82) is 0 Å².